The number of tetrazole rings is 1. The Labute approximate surface area is 110 Å². The van der Waals surface area contributed by atoms with Crippen molar-refractivity contribution >= 4 is 23.5 Å². The van der Waals surface area contributed by atoms with Crippen molar-refractivity contribution in [3.63, 3.8) is 0 Å². The maximum absolute atomic E-state index is 4.08. The number of nitrogens with one attached hydrogen (secondary N) is 1. The fraction of sp³-hybridized carbons (Fsp3) is 0.900. The molecule has 1 saturated heterocycles. The minimum atomic E-state index is 0.655. The molecule has 0 aliphatic carbocycles. The van der Waals surface area contributed by atoms with Crippen LogP contribution in [-0.2, 0) is 13.1 Å². The summed E-state index contributed by atoms with van der Waals surface area (Å²) >= 11 is 4.07. The fourth-order valence-electron chi connectivity index (χ4n) is 1.70. The molecule has 96 valence electrons. The Balaban J connectivity index is 1.84. The summed E-state index contributed by atoms with van der Waals surface area (Å²) in [5.41, 5.74) is 0. The van der Waals surface area contributed by atoms with Crippen molar-refractivity contribution in [1.82, 2.24) is 25.5 Å². The summed E-state index contributed by atoms with van der Waals surface area (Å²) in [6.07, 6.45) is 1.14. The predicted octanol–water partition coefficient (Wildman–Crippen LogP) is 1.02. The molecule has 17 heavy (non-hydrogen) atoms. The average molecular weight is 273 g/mol. The van der Waals surface area contributed by atoms with E-state index >= 15 is 0 Å². The second kappa shape index (κ2) is 7.23. The lowest BCUT2D eigenvalue weighted by atomic mass is 10.4. The molecule has 0 spiro atoms. The molecule has 0 aromatic carbocycles. The van der Waals surface area contributed by atoms with E-state index in [2.05, 4.69) is 27.8 Å². The number of thioether (sulfide) groups is 2. The van der Waals surface area contributed by atoms with E-state index < -0.39 is 0 Å². The minimum absolute atomic E-state index is 0.655. The second-order valence-electron chi connectivity index (χ2n) is 4.02. The van der Waals surface area contributed by atoms with E-state index in [0.29, 0.717) is 5.25 Å². The van der Waals surface area contributed by atoms with Crippen LogP contribution in [0.25, 0.3) is 0 Å². The van der Waals surface area contributed by atoms with Gasteiger partial charge in [-0.1, -0.05) is 6.92 Å². The van der Waals surface area contributed by atoms with Gasteiger partial charge in [0.2, 0.25) is 0 Å². The van der Waals surface area contributed by atoms with Gasteiger partial charge in [0.15, 0.2) is 5.82 Å². The number of hydrogen-bond donors (Lipinski definition) is 1. The van der Waals surface area contributed by atoms with Crippen molar-refractivity contribution in [3.8, 4) is 0 Å². The Kier molecular flexibility index (Phi) is 5.60. The highest BCUT2D eigenvalue weighted by molar-refractivity contribution is 8.06. The zero-order valence-electron chi connectivity index (χ0n) is 10.1. The third kappa shape index (κ3) is 4.15. The van der Waals surface area contributed by atoms with Gasteiger partial charge >= 0.3 is 0 Å². The molecule has 1 fully saturated rings. The first-order chi connectivity index (χ1) is 8.40. The molecule has 0 radical (unpaired) electrons. The van der Waals surface area contributed by atoms with Crippen molar-refractivity contribution < 1.29 is 0 Å². The van der Waals surface area contributed by atoms with Crippen LogP contribution < -0.4 is 5.32 Å². The Bertz CT molecular complexity index is 324. The number of aromatic nitrogens is 4. The van der Waals surface area contributed by atoms with Crippen LogP contribution in [0.5, 0.6) is 0 Å². The molecule has 1 aromatic rings. The summed E-state index contributed by atoms with van der Waals surface area (Å²) in [7, 11) is 0. The molecule has 1 aliphatic rings. The van der Waals surface area contributed by atoms with E-state index in [1.165, 1.54) is 17.3 Å². The second-order valence-corrected chi connectivity index (χ2v) is 6.58. The van der Waals surface area contributed by atoms with Gasteiger partial charge in [-0.25, -0.2) is 4.68 Å². The Hall–Kier alpha value is -0.270. The monoisotopic (exact) mass is 273 g/mol. The van der Waals surface area contributed by atoms with E-state index in [4.69, 9.17) is 0 Å². The molecule has 0 bridgehead atoms. The summed E-state index contributed by atoms with van der Waals surface area (Å²) in [6, 6.07) is 0. The maximum Gasteiger partial charge on any atom is 0.165 e. The molecule has 1 N–H and O–H groups in total. The van der Waals surface area contributed by atoms with Gasteiger partial charge in [-0.3, -0.25) is 0 Å². The van der Waals surface area contributed by atoms with Crippen LogP contribution in [0.1, 0.15) is 19.2 Å². The van der Waals surface area contributed by atoms with Crippen LogP contribution in [-0.4, -0.2) is 49.3 Å². The lowest BCUT2D eigenvalue weighted by molar-refractivity contribution is 0.541. The van der Waals surface area contributed by atoms with Gasteiger partial charge in [0.05, 0.1) is 13.1 Å². The van der Waals surface area contributed by atoms with Crippen LogP contribution in [0.3, 0.4) is 0 Å². The summed E-state index contributed by atoms with van der Waals surface area (Å²) in [5.74, 6) is 4.70. The standard InChI is InChI=1S/C10H19N5S2/c1-2-3-11-6-10-12-13-14-15(10)7-9-8-16-4-5-17-9/h9,11H,2-8H2,1H3. The molecule has 1 atom stereocenters. The Morgan fingerprint density at radius 3 is 3.18 bits per heavy atom. The Morgan fingerprint density at radius 1 is 1.47 bits per heavy atom. The van der Waals surface area contributed by atoms with E-state index in [-0.39, 0.29) is 0 Å². The van der Waals surface area contributed by atoms with Crippen LogP contribution in [0, 0.1) is 0 Å². The normalized spacial score (nSPS) is 20.6. The lowest BCUT2D eigenvalue weighted by Gasteiger charge is -2.20. The third-order valence-corrected chi connectivity index (χ3v) is 5.40. The van der Waals surface area contributed by atoms with Gasteiger partial charge in [-0.05, 0) is 23.4 Å². The largest absolute Gasteiger partial charge is 0.310 e. The molecule has 7 heteroatoms. The Morgan fingerprint density at radius 2 is 2.41 bits per heavy atom. The van der Waals surface area contributed by atoms with E-state index in [1.54, 1.807) is 0 Å². The SMILES string of the molecule is CCCNCc1nnnn1CC1CSCCS1. The van der Waals surface area contributed by atoms with Crippen LogP contribution in [0.15, 0.2) is 0 Å². The van der Waals surface area contributed by atoms with E-state index in [9.17, 15) is 0 Å². The zero-order chi connectivity index (χ0) is 11.9. The lowest BCUT2D eigenvalue weighted by Crippen LogP contribution is -2.24. The van der Waals surface area contributed by atoms with Crippen molar-refractivity contribution in [2.75, 3.05) is 23.8 Å². The van der Waals surface area contributed by atoms with Gasteiger partial charge in [-0.15, -0.1) is 5.10 Å². The first-order valence-electron chi connectivity index (χ1n) is 6.05. The van der Waals surface area contributed by atoms with Gasteiger partial charge in [-0.2, -0.15) is 23.5 Å². The van der Waals surface area contributed by atoms with Crippen molar-refractivity contribution in [2.45, 2.75) is 31.7 Å². The van der Waals surface area contributed by atoms with Gasteiger partial charge in [0.1, 0.15) is 0 Å². The first kappa shape index (κ1) is 13.2. The average Bonchev–Trinajstić information content (AvgIpc) is 2.79. The van der Waals surface area contributed by atoms with E-state index in [0.717, 1.165) is 31.9 Å². The van der Waals surface area contributed by atoms with E-state index in [1.807, 2.05) is 28.2 Å². The minimum Gasteiger partial charge on any atom is -0.310 e. The summed E-state index contributed by atoms with van der Waals surface area (Å²) in [4.78, 5) is 0. The van der Waals surface area contributed by atoms with Gasteiger partial charge in [0, 0.05) is 22.5 Å². The third-order valence-electron chi connectivity index (χ3n) is 2.58. The first-order valence-corrected chi connectivity index (χ1v) is 8.25. The van der Waals surface area contributed by atoms with Crippen molar-refractivity contribution in [1.29, 1.82) is 0 Å². The molecular formula is C10H19N5S2. The van der Waals surface area contributed by atoms with Gasteiger partial charge in [0.25, 0.3) is 0 Å². The maximum atomic E-state index is 4.08. The quantitative estimate of drug-likeness (QED) is 0.781. The molecule has 1 unspecified atom stereocenters. The molecular weight excluding hydrogens is 254 g/mol. The van der Waals surface area contributed by atoms with Crippen LogP contribution in [0.4, 0.5) is 0 Å². The van der Waals surface area contributed by atoms with Crippen molar-refractivity contribution in [3.05, 3.63) is 5.82 Å². The summed E-state index contributed by atoms with van der Waals surface area (Å²) < 4.78 is 1.95. The predicted molar refractivity (Wildman–Crippen MR) is 73.4 cm³/mol. The topological polar surface area (TPSA) is 55.6 Å². The highest BCUT2D eigenvalue weighted by Gasteiger charge is 2.17. The fourth-order valence-corrected chi connectivity index (χ4v) is 4.35. The van der Waals surface area contributed by atoms with Crippen LogP contribution in [0.2, 0.25) is 0 Å². The van der Waals surface area contributed by atoms with Crippen molar-refractivity contribution in [2.24, 2.45) is 0 Å². The highest BCUT2D eigenvalue weighted by Crippen LogP contribution is 2.25. The molecule has 2 rings (SSSR count). The molecule has 1 aliphatic heterocycles. The summed E-state index contributed by atoms with van der Waals surface area (Å²) in [6.45, 7) is 4.88. The summed E-state index contributed by atoms with van der Waals surface area (Å²) in [5, 5.41) is 15.9. The molecule has 1 aromatic heterocycles. The molecule has 2 heterocycles. The molecule has 0 saturated carbocycles. The zero-order valence-corrected chi connectivity index (χ0v) is 11.8. The van der Waals surface area contributed by atoms with Gasteiger partial charge < -0.3 is 5.32 Å². The molecule has 0 amide bonds. The number of hydrogen-bond acceptors (Lipinski definition) is 6. The van der Waals surface area contributed by atoms with Crippen LogP contribution >= 0.6 is 23.5 Å². The highest BCUT2D eigenvalue weighted by atomic mass is 32.2. The smallest absolute Gasteiger partial charge is 0.165 e. The number of rotatable bonds is 6. The molecule has 5 nitrogen and oxygen atoms in total. The number of nitrogens with zero attached hydrogens (tertiary/aromatic N) is 4.